The van der Waals surface area contributed by atoms with Gasteiger partial charge in [0.25, 0.3) is 11.8 Å². The van der Waals surface area contributed by atoms with Crippen molar-refractivity contribution in [3.8, 4) is 34.5 Å². The second kappa shape index (κ2) is 7.92. The van der Waals surface area contributed by atoms with Gasteiger partial charge in [0.15, 0.2) is 11.6 Å². The van der Waals surface area contributed by atoms with Crippen molar-refractivity contribution < 1.29 is 28.6 Å². The number of hydrogen-bond acceptors (Lipinski definition) is 7. The van der Waals surface area contributed by atoms with Gasteiger partial charge >= 0.3 is 6.01 Å². The van der Waals surface area contributed by atoms with E-state index in [1.165, 1.54) is 36.4 Å². The molecule has 3 aromatic carbocycles. The molecule has 0 atom stereocenters. The van der Waals surface area contributed by atoms with Crippen LogP contribution in [-0.2, 0) is 0 Å². The van der Waals surface area contributed by atoms with Crippen molar-refractivity contribution in [2.24, 2.45) is 0 Å². The van der Waals surface area contributed by atoms with E-state index in [1.807, 2.05) is 0 Å². The lowest BCUT2D eigenvalue weighted by Gasteiger charge is -2.07. The number of rotatable bonds is 5. The average molecular weight is 407 g/mol. The topological polar surface area (TPSA) is 118 Å². The molecule has 0 radical (unpaired) electrons. The number of ether oxygens (including phenoxy) is 1. The Morgan fingerprint density at radius 1 is 0.967 bits per heavy atom. The molecule has 4 rings (SSSR count). The summed E-state index contributed by atoms with van der Waals surface area (Å²) in [7, 11) is 0. The predicted octanol–water partition coefficient (Wildman–Crippen LogP) is 4.33. The third kappa shape index (κ3) is 4.04. The maximum absolute atomic E-state index is 13.5. The average Bonchev–Trinajstić information content (AvgIpc) is 3.19. The predicted molar refractivity (Wildman–Crippen MR) is 104 cm³/mol. The third-order valence-electron chi connectivity index (χ3n) is 4.03. The lowest BCUT2D eigenvalue weighted by Crippen LogP contribution is -2.11. The molecule has 0 aliphatic rings. The van der Waals surface area contributed by atoms with Crippen LogP contribution in [0.5, 0.6) is 23.0 Å². The summed E-state index contributed by atoms with van der Waals surface area (Å²) in [6, 6.07) is 16.2. The number of anilines is 1. The molecule has 0 saturated heterocycles. The van der Waals surface area contributed by atoms with Crippen LogP contribution in [0.1, 0.15) is 10.4 Å². The van der Waals surface area contributed by atoms with Crippen LogP contribution in [-0.4, -0.2) is 26.3 Å². The molecule has 4 aromatic rings. The van der Waals surface area contributed by atoms with E-state index in [0.29, 0.717) is 17.1 Å². The van der Waals surface area contributed by atoms with Gasteiger partial charge < -0.3 is 19.4 Å². The summed E-state index contributed by atoms with van der Waals surface area (Å²) in [4.78, 5) is 12.4. The maximum Gasteiger partial charge on any atom is 0.322 e. The molecule has 1 heterocycles. The molecule has 8 nitrogen and oxygen atoms in total. The molecule has 30 heavy (non-hydrogen) atoms. The Morgan fingerprint density at radius 3 is 2.50 bits per heavy atom. The highest BCUT2D eigenvalue weighted by molar-refractivity contribution is 6.03. The molecule has 9 heteroatoms. The summed E-state index contributed by atoms with van der Waals surface area (Å²) in [5, 5.41) is 29.0. The fraction of sp³-hybridized carbons (Fsp3) is 0. The Morgan fingerprint density at radius 2 is 1.73 bits per heavy atom. The number of phenolic OH excluding ortho intramolecular Hbond substituents is 2. The summed E-state index contributed by atoms with van der Waals surface area (Å²) in [6.45, 7) is 0. The highest BCUT2D eigenvalue weighted by atomic mass is 19.1. The molecular weight excluding hydrogens is 393 g/mol. The lowest BCUT2D eigenvalue weighted by molar-refractivity contribution is 0.102. The number of para-hydroxylation sites is 1. The van der Waals surface area contributed by atoms with Gasteiger partial charge in [-0.25, -0.2) is 4.39 Å². The molecule has 3 N–H and O–H groups in total. The Hall–Kier alpha value is -4.40. The number of carbonyl (C=O) groups is 1. The molecular formula is C21H14FN3O5. The smallest absolute Gasteiger partial charge is 0.322 e. The lowest BCUT2D eigenvalue weighted by atomic mass is 10.2. The van der Waals surface area contributed by atoms with Crippen LogP contribution in [0.25, 0.3) is 11.5 Å². The van der Waals surface area contributed by atoms with Gasteiger partial charge in [0.05, 0.1) is 5.56 Å². The minimum Gasteiger partial charge on any atom is -0.508 e. The number of hydrogen-bond donors (Lipinski definition) is 3. The molecule has 0 bridgehead atoms. The number of amides is 1. The second-order valence-electron chi connectivity index (χ2n) is 6.13. The highest BCUT2D eigenvalue weighted by Gasteiger charge is 2.17. The van der Waals surface area contributed by atoms with Gasteiger partial charge in [-0.05, 0) is 48.5 Å². The Bertz CT molecular complexity index is 1210. The number of nitrogens with zero attached hydrogens (tertiary/aromatic N) is 2. The SMILES string of the molecule is O=C(Nc1nnc(-c2cccc(F)c2O)o1)c1ccc(Oc2cccc(O)c2)cc1. The number of halogens is 1. The fourth-order valence-corrected chi connectivity index (χ4v) is 2.60. The van der Waals surface area contributed by atoms with Gasteiger partial charge in [-0.2, -0.15) is 0 Å². The van der Waals surface area contributed by atoms with Crippen LogP contribution < -0.4 is 10.1 Å². The maximum atomic E-state index is 13.5. The number of nitrogens with one attached hydrogen (secondary N) is 1. The molecule has 0 aliphatic heterocycles. The van der Waals surface area contributed by atoms with Crippen molar-refractivity contribution in [3.05, 3.63) is 78.1 Å². The van der Waals surface area contributed by atoms with E-state index >= 15 is 0 Å². The van der Waals surface area contributed by atoms with Crippen LogP contribution in [0.3, 0.4) is 0 Å². The largest absolute Gasteiger partial charge is 0.508 e. The van der Waals surface area contributed by atoms with Gasteiger partial charge in [-0.1, -0.05) is 17.2 Å². The molecule has 150 valence electrons. The highest BCUT2D eigenvalue weighted by Crippen LogP contribution is 2.31. The van der Waals surface area contributed by atoms with Crippen molar-refractivity contribution >= 4 is 11.9 Å². The van der Waals surface area contributed by atoms with Gasteiger partial charge in [0.1, 0.15) is 17.2 Å². The zero-order valence-electron chi connectivity index (χ0n) is 15.2. The molecule has 0 fully saturated rings. The summed E-state index contributed by atoms with van der Waals surface area (Å²) in [5.41, 5.74) is 0.308. The minimum atomic E-state index is -0.829. The number of aromatic nitrogens is 2. The summed E-state index contributed by atoms with van der Waals surface area (Å²) >= 11 is 0. The first-order valence-electron chi connectivity index (χ1n) is 8.69. The van der Waals surface area contributed by atoms with E-state index in [-0.39, 0.29) is 23.2 Å². The van der Waals surface area contributed by atoms with Gasteiger partial charge in [-0.15, -0.1) is 5.10 Å². The van der Waals surface area contributed by atoms with E-state index in [9.17, 15) is 19.4 Å². The number of benzene rings is 3. The first-order chi connectivity index (χ1) is 14.5. The number of carbonyl (C=O) groups excluding carboxylic acids is 1. The van der Waals surface area contributed by atoms with Crippen LogP contribution in [0.4, 0.5) is 10.4 Å². The van der Waals surface area contributed by atoms with Gasteiger partial charge in [-0.3, -0.25) is 10.1 Å². The van der Waals surface area contributed by atoms with Crippen LogP contribution in [0, 0.1) is 5.82 Å². The number of phenols is 2. The first kappa shape index (κ1) is 18.9. The van der Waals surface area contributed by atoms with Gasteiger partial charge in [0.2, 0.25) is 0 Å². The Labute approximate surface area is 169 Å². The molecule has 1 amide bonds. The number of aromatic hydroxyl groups is 2. The second-order valence-corrected chi connectivity index (χ2v) is 6.13. The molecule has 0 aliphatic carbocycles. The Kier molecular flexibility index (Phi) is 5.00. The normalized spacial score (nSPS) is 10.6. The monoisotopic (exact) mass is 407 g/mol. The van der Waals surface area contributed by atoms with Crippen LogP contribution in [0.15, 0.2) is 71.1 Å². The van der Waals surface area contributed by atoms with Crippen molar-refractivity contribution in [2.75, 3.05) is 5.32 Å². The van der Waals surface area contributed by atoms with Crippen molar-refractivity contribution in [2.45, 2.75) is 0 Å². The molecule has 0 saturated carbocycles. The Balaban J connectivity index is 1.44. The molecule has 0 spiro atoms. The quantitative estimate of drug-likeness (QED) is 0.451. The summed E-state index contributed by atoms with van der Waals surface area (Å²) in [6.07, 6.45) is 0. The minimum absolute atomic E-state index is 0.0106. The van der Waals surface area contributed by atoms with E-state index in [0.717, 1.165) is 6.07 Å². The molecule has 0 unspecified atom stereocenters. The standard InChI is InChI=1S/C21H14FN3O5/c22-17-6-2-5-16(18(17)27)20-24-25-21(30-20)23-19(28)12-7-9-14(10-8-12)29-15-4-1-3-13(26)11-15/h1-11,26-27H,(H,23,25,28). The summed E-state index contributed by atoms with van der Waals surface area (Å²) < 4.78 is 24.3. The van der Waals surface area contributed by atoms with Crippen molar-refractivity contribution in [1.29, 1.82) is 0 Å². The van der Waals surface area contributed by atoms with Crippen molar-refractivity contribution in [3.63, 3.8) is 0 Å². The third-order valence-corrected chi connectivity index (χ3v) is 4.03. The van der Waals surface area contributed by atoms with E-state index in [4.69, 9.17) is 9.15 Å². The van der Waals surface area contributed by atoms with E-state index in [1.54, 1.807) is 24.3 Å². The van der Waals surface area contributed by atoms with Crippen LogP contribution >= 0.6 is 0 Å². The van der Waals surface area contributed by atoms with E-state index < -0.39 is 17.5 Å². The zero-order chi connectivity index (χ0) is 21.1. The van der Waals surface area contributed by atoms with E-state index in [2.05, 4.69) is 15.5 Å². The van der Waals surface area contributed by atoms with Crippen molar-refractivity contribution in [1.82, 2.24) is 10.2 Å². The fourth-order valence-electron chi connectivity index (χ4n) is 2.60. The zero-order valence-corrected chi connectivity index (χ0v) is 15.2. The first-order valence-corrected chi connectivity index (χ1v) is 8.69. The molecule has 1 aromatic heterocycles. The van der Waals surface area contributed by atoms with Crippen LogP contribution in [0.2, 0.25) is 0 Å². The summed E-state index contributed by atoms with van der Waals surface area (Å²) in [5.74, 6) is -1.11. The van der Waals surface area contributed by atoms with Gasteiger partial charge in [0, 0.05) is 11.6 Å².